The second kappa shape index (κ2) is 12.9. The highest BCUT2D eigenvalue weighted by molar-refractivity contribution is 6.01. The predicted molar refractivity (Wildman–Crippen MR) is 133 cm³/mol. The number of imide groups is 1. The Kier molecular flexibility index (Phi) is 10.3. The van der Waals surface area contributed by atoms with Gasteiger partial charge in [0.05, 0.1) is 6.04 Å². The number of nitrogens with one attached hydrogen (secondary N) is 3. The van der Waals surface area contributed by atoms with Gasteiger partial charge in [-0.3, -0.25) is 14.9 Å². The number of alkyl carbamates (subject to hydrolysis) is 1. The summed E-state index contributed by atoms with van der Waals surface area (Å²) in [6.45, 7) is 9.71. The van der Waals surface area contributed by atoms with Gasteiger partial charge in [-0.15, -0.1) is 0 Å². The molecule has 0 unspecified atom stereocenters. The first kappa shape index (κ1) is 27.1. The molecule has 7 heteroatoms. The van der Waals surface area contributed by atoms with Crippen LogP contribution >= 0.6 is 0 Å². The van der Waals surface area contributed by atoms with Gasteiger partial charge in [0.25, 0.3) is 0 Å². The van der Waals surface area contributed by atoms with E-state index in [1.165, 1.54) is 0 Å². The van der Waals surface area contributed by atoms with E-state index in [1.807, 2.05) is 74.5 Å². The van der Waals surface area contributed by atoms with Crippen LogP contribution in [0.2, 0.25) is 0 Å². The lowest BCUT2D eigenvalue weighted by Gasteiger charge is -2.26. The first-order valence-electron chi connectivity index (χ1n) is 11.7. The monoisotopic (exact) mass is 467 g/mol. The number of hydrogen-bond acceptors (Lipinski definition) is 5. The van der Waals surface area contributed by atoms with E-state index in [2.05, 4.69) is 16.0 Å². The average Bonchev–Trinajstić information content (AvgIpc) is 2.78. The first-order chi connectivity index (χ1) is 16.1. The van der Waals surface area contributed by atoms with Crippen LogP contribution in [0.15, 0.2) is 60.7 Å². The molecule has 0 fully saturated rings. The SMILES string of the molecule is CC[C@H](C)[C@H](NCc1ccccc1)C(=O)NC(=O)[C@H](Cc1ccccc1)NC(=O)OC(C)(C)C. The first-order valence-corrected chi connectivity index (χ1v) is 11.7. The van der Waals surface area contributed by atoms with Crippen molar-refractivity contribution in [2.45, 2.75) is 71.7 Å². The Morgan fingerprint density at radius 3 is 1.97 bits per heavy atom. The quantitative estimate of drug-likeness (QED) is 0.491. The Morgan fingerprint density at radius 1 is 0.882 bits per heavy atom. The molecule has 0 saturated heterocycles. The normalized spacial score (nSPS) is 13.9. The van der Waals surface area contributed by atoms with E-state index in [0.29, 0.717) is 6.54 Å². The number of carbonyl (C=O) groups excluding carboxylic acids is 3. The van der Waals surface area contributed by atoms with Gasteiger partial charge >= 0.3 is 6.09 Å². The van der Waals surface area contributed by atoms with E-state index in [-0.39, 0.29) is 12.3 Å². The van der Waals surface area contributed by atoms with E-state index in [0.717, 1.165) is 17.5 Å². The summed E-state index contributed by atoms with van der Waals surface area (Å²) in [7, 11) is 0. The zero-order valence-electron chi connectivity index (χ0n) is 20.8. The third-order valence-electron chi connectivity index (χ3n) is 5.40. The van der Waals surface area contributed by atoms with Crippen molar-refractivity contribution in [3.8, 4) is 0 Å². The van der Waals surface area contributed by atoms with E-state index in [9.17, 15) is 14.4 Å². The molecule has 3 atom stereocenters. The van der Waals surface area contributed by atoms with Gasteiger partial charge in [-0.1, -0.05) is 80.9 Å². The molecular weight excluding hydrogens is 430 g/mol. The van der Waals surface area contributed by atoms with Gasteiger partial charge in [0.2, 0.25) is 11.8 Å². The second-order valence-corrected chi connectivity index (χ2v) is 9.47. The lowest BCUT2D eigenvalue weighted by atomic mass is 9.97. The fourth-order valence-corrected chi connectivity index (χ4v) is 3.41. The van der Waals surface area contributed by atoms with Gasteiger partial charge in [-0.25, -0.2) is 4.79 Å². The van der Waals surface area contributed by atoms with Gasteiger partial charge in [0.15, 0.2) is 0 Å². The molecule has 0 aromatic heterocycles. The molecule has 0 aliphatic carbocycles. The summed E-state index contributed by atoms with van der Waals surface area (Å²) >= 11 is 0. The zero-order valence-corrected chi connectivity index (χ0v) is 20.8. The minimum Gasteiger partial charge on any atom is -0.444 e. The van der Waals surface area contributed by atoms with Crippen LogP contribution in [0.4, 0.5) is 4.79 Å². The molecular formula is C27H37N3O4. The van der Waals surface area contributed by atoms with E-state index < -0.39 is 35.6 Å². The minimum atomic E-state index is -0.965. The van der Waals surface area contributed by atoms with Crippen LogP contribution in [-0.2, 0) is 27.3 Å². The van der Waals surface area contributed by atoms with Crippen LogP contribution in [0.25, 0.3) is 0 Å². The molecule has 2 rings (SSSR count). The maximum atomic E-state index is 13.1. The van der Waals surface area contributed by atoms with Gasteiger partial charge in [-0.05, 0) is 37.8 Å². The van der Waals surface area contributed by atoms with Crippen LogP contribution in [0, 0.1) is 5.92 Å². The Labute approximate surface area is 202 Å². The molecule has 0 aliphatic heterocycles. The number of benzene rings is 2. The van der Waals surface area contributed by atoms with Crippen molar-refractivity contribution in [2.75, 3.05) is 0 Å². The summed E-state index contributed by atoms with van der Waals surface area (Å²) in [5, 5.41) is 8.41. The van der Waals surface area contributed by atoms with Crippen LogP contribution in [0.5, 0.6) is 0 Å². The summed E-state index contributed by atoms with van der Waals surface area (Å²) in [4.78, 5) is 38.6. The molecule has 34 heavy (non-hydrogen) atoms. The lowest BCUT2D eigenvalue weighted by Crippen LogP contribution is -2.55. The highest BCUT2D eigenvalue weighted by Gasteiger charge is 2.30. The number of carbonyl (C=O) groups is 3. The second-order valence-electron chi connectivity index (χ2n) is 9.47. The number of hydrogen-bond donors (Lipinski definition) is 3. The highest BCUT2D eigenvalue weighted by atomic mass is 16.6. The predicted octanol–water partition coefficient (Wildman–Crippen LogP) is 3.97. The molecule has 7 nitrogen and oxygen atoms in total. The molecule has 0 saturated carbocycles. The van der Waals surface area contributed by atoms with Gasteiger partial charge < -0.3 is 15.4 Å². The molecule has 0 heterocycles. The summed E-state index contributed by atoms with van der Waals surface area (Å²) in [5.41, 5.74) is 1.19. The Hall–Kier alpha value is -3.19. The smallest absolute Gasteiger partial charge is 0.408 e. The molecule has 2 aromatic carbocycles. The van der Waals surface area contributed by atoms with E-state index in [1.54, 1.807) is 20.8 Å². The summed E-state index contributed by atoms with van der Waals surface area (Å²) in [6.07, 6.45) is 0.277. The van der Waals surface area contributed by atoms with E-state index in [4.69, 9.17) is 4.74 Å². The van der Waals surface area contributed by atoms with Crippen molar-refractivity contribution < 1.29 is 19.1 Å². The van der Waals surface area contributed by atoms with Crippen molar-refractivity contribution in [3.05, 3.63) is 71.8 Å². The molecule has 0 radical (unpaired) electrons. The molecule has 0 bridgehead atoms. The Balaban J connectivity index is 2.12. The van der Waals surface area contributed by atoms with Gasteiger partial charge in [0.1, 0.15) is 11.6 Å². The zero-order chi connectivity index (χ0) is 25.1. The van der Waals surface area contributed by atoms with Crippen molar-refractivity contribution in [3.63, 3.8) is 0 Å². The van der Waals surface area contributed by atoms with Crippen molar-refractivity contribution in [1.29, 1.82) is 0 Å². The molecule has 2 aromatic rings. The summed E-state index contributed by atoms with van der Waals surface area (Å²) < 4.78 is 5.32. The molecule has 3 amide bonds. The largest absolute Gasteiger partial charge is 0.444 e. The molecule has 3 N–H and O–H groups in total. The maximum absolute atomic E-state index is 13.1. The van der Waals surface area contributed by atoms with Crippen molar-refractivity contribution in [1.82, 2.24) is 16.0 Å². The lowest BCUT2D eigenvalue weighted by molar-refractivity contribution is -0.133. The van der Waals surface area contributed by atoms with Crippen LogP contribution in [-0.4, -0.2) is 35.6 Å². The third kappa shape index (κ3) is 9.35. The number of ether oxygens (including phenoxy) is 1. The van der Waals surface area contributed by atoms with Gasteiger partial charge in [-0.2, -0.15) is 0 Å². The van der Waals surface area contributed by atoms with E-state index >= 15 is 0 Å². The minimum absolute atomic E-state index is 0.00269. The van der Waals surface area contributed by atoms with Gasteiger partial charge in [0, 0.05) is 13.0 Å². The topological polar surface area (TPSA) is 96.5 Å². The van der Waals surface area contributed by atoms with Crippen molar-refractivity contribution in [2.24, 2.45) is 5.92 Å². The highest BCUT2D eigenvalue weighted by Crippen LogP contribution is 2.11. The Bertz CT molecular complexity index is 926. The Morgan fingerprint density at radius 2 is 1.44 bits per heavy atom. The fourth-order valence-electron chi connectivity index (χ4n) is 3.41. The summed E-state index contributed by atoms with van der Waals surface area (Å²) in [6, 6.07) is 17.6. The standard InChI is InChI=1S/C27H37N3O4/c1-6-19(2)23(28-18-21-15-11-8-12-16-21)25(32)30-24(31)22(17-20-13-9-7-10-14-20)29-26(33)34-27(3,4)5/h7-16,19,22-23,28H,6,17-18H2,1-5H3,(H,29,33)(H,30,31,32)/t19-,22-,23-/m0/s1. The van der Waals surface area contributed by atoms with Crippen molar-refractivity contribution >= 4 is 17.9 Å². The van der Waals surface area contributed by atoms with Crippen LogP contribution in [0.3, 0.4) is 0 Å². The van der Waals surface area contributed by atoms with Crippen LogP contribution in [0.1, 0.15) is 52.2 Å². The molecule has 0 aliphatic rings. The number of rotatable bonds is 10. The van der Waals surface area contributed by atoms with Crippen LogP contribution < -0.4 is 16.0 Å². The maximum Gasteiger partial charge on any atom is 0.408 e. The molecule has 184 valence electrons. The summed E-state index contributed by atoms with van der Waals surface area (Å²) in [5.74, 6) is -0.989. The number of amides is 3. The average molecular weight is 468 g/mol. The third-order valence-corrected chi connectivity index (χ3v) is 5.40. The fraction of sp³-hybridized carbons (Fsp3) is 0.444. The molecule has 0 spiro atoms.